The number of nitrogen functional groups attached to an aromatic ring is 1. The molecule has 2 amide bonds. The fraction of sp³-hybridized carbons (Fsp3) is 0.422. The maximum atomic E-state index is 13.9. The number of nitrogens with one attached hydrogen (secondary N) is 1. The van der Waals surface area contributed by atoms with Crippen molar-refractivity contribution in [3.63, 3.8) is 0 Å². The molecule has 1 heterocycles. The van der Waals surface area contributed by atoms with Gasteiger partial charge in [-0.15, -0.1) is 0 Å². The van der Waals surface area contributed by atoms with Crippen molar-refractivity contribution in [1.82, 2.24) is 10.3 Å². The number of carbonyl (C=O) groups is 2. The molecule has 7 nitrogen and oxygen atoms in total. The van der Waals surface area contributed by atoms with Crippen molar-refractivity contribution in [1.29, 1.82) is 0 Å². The quantitative estimate of drug-likeness (QED) is 0.0493. The Morgan fingerprint density at radius 1 is 1.02 bits per heavy atom. The summed E-state index contributed by atoms with van der Waals surface area (Å²) >= 11 is 12.5. The van der Waals surface area contributed by atoms with E-state index in [4.69, 9.17) is 38.7 Å². The molecular formula is C45H65Cl2F2N5O2. The molecule has 2 atom stereocenters. The summed E-state index contributed by atoms with van der Waals surface area (Å²) in [6.45, 7) is 29.3. The molecule has 2 aromatic carbocycles. The van der Waals surface area contributed by atoms with Gasteiger partial charge in [0, 0.05) is 42.0 Å². The van der Waals surface area contributed by atoms with Gasteiger partial charge in [0.2, 0.25) is 12.8 Å². The minimum Gasteiger partial charge on any atom is -0.398 e. The van der Waals surface area contributed by atoms with E-state index < -0.39 is 5.82 Å². The van der Waals surface area contributed by atoms with Gasteiger partial charge in [-0.05, 0) is 98.1 Å². The zero-order chi connectivity index (χ0) is 43.5. The molecule has 0 spiro atoms. The number of primary amides is 1. The van der Waals surface area contributed by atoms with Gasteiger partial charge in [-0.3, -0.25) is 19.6 Å². The van der Waals surface area contributed by atoms with Crippen molar-refractivity contribution in [3.05, 3.63) is 116 Å². The molecule has 2 unspecified atom stereocenters. The predicted octanol–water partition coefficient (Wildman–Crippen LogP) is 12.5. The number of benzene rings is 2. The first-order valence-electron chi connectivity index (χ1n) is 19.2. The monoisotopic (exact) mass is 815 g/mol. The van der Waals surface area contributed by atoms with Crippen LogP contribution in [0.4, 0.5) is 14.5 Å². The molecule has 56 heavy (non-hydrogen) atoms. The highest BCUT2D eigenvalue weighted by molar-refractivity contribution is 6.43. The normalized spacial score (nSPS) is 11.8. The summed E-state index contributed by atoms with van der Waals surface area (Å²) in [5.74, 6) is -0.654. The van der Waals surface area contributed by atoms with Gasteiger partial charge in [0.15, 0.2) is 0 Å². The van der Waals surface area contributed by atoms with Crippen molar-refractivity contribution >= 4 is 47.9 Å². The summed E-state index contributed by atoms with van der Waals surface area (Å²) in [5.41, 5.74) is 19.1. The second kappa shape index (κ2) is 29.9. The minimum absolute atomic E-state index is 0.0874. The molecule has 1 aromatic heterocycles. The Labute approximate surface area is 345 Å². The number of pyridine rings is 1. The van der Waals surface area contributed by atoms with Gasteiger partial charge in [0.05, 0.1) is 27.3 Å². The molecule has 0 fully saturated rings. The summed E-state index contributed by atoms with van der Waals surface area (Å²) in [6, 6.07) is 9.08. The van der Waals surface area contributed by atoms with Crippen LogP contribution in [0.3, 0.4) is 0 Å². The first-order chi connectivity index (χ1) is 26.6. The van der Waals surface area contributed by atoms with Crippen LogP contribution in [0.25, 0.3) is 11.3 Å². The molecule has 3 rings (SSSR count). The molecule has 0 aliphatic rings. The number of carbonyl (C=O) groups excluding carboxylic acids is 2. The Balaban J connectivity index is 0. The standard InChI is InChI=1S/C26H28Cl2F2N2O.C14H22N2.2C2H6.CH3NO/c1-6-15(2)20-12-23(21(13-31-14-33)16(3)8-7-9-17(4)29)32-26(18(20)5)19-10-11-22(30)25(28)24(19)27;1-5-6-16-9-12-7-11(4)8-13(10(2)3)14(12)15;2*1-2;2-1-3/h7-12,14-15,21H,3,6,13H2,1-2,4-5H3,(H,31,33);7-10H,5-6,15H2,1-4H3;2*1-2H3;1H,(H2,2,3)/b8-7-,17-9+;;;;. The van der Waals surface area contributed by atoms with E-state index in [1.54, 1.807) is 18.2 Å². The number of aryl methyl sites for hydroxylation is 1. The first kappa shape index (κ1) is 53.8. The van der Waals surface area contributed by atoms with E-state index in [9.17, 15) is 13.6 Å². The molecule has 0 saturated carbocycles. The second-order valence-corrected chi connectivity index (χ2v) is 13.3. The van der Waals surface area contributed by atoms with E-state index in [2.05, 4.69) is 76.3 Å². The number of anilines is 1. The molecule has 0 aliphatic carbocycles. The molecule has 11 heteroatoms. The van der Waals surface area contributed by atoms with Crippen LogP contribution in [0, 0.1) is 19.7 Å². The Morgan fingerprint density at radius 3 is 2.14 bits per heavy atom. The minimum atomic E-state index is -0.607. The average molecular weight is 817 g/mol. The summed E-state index contributed by atoms with van der Waals surface area (Å²) in [6.07, 6.45) is 9.29. The van der Waals surface area contributed by atoms with Crippen LogP contribution in [0.5, 0.6) is 0 Å². The third-order valence-corrected chi connectivity index (χ3v) is 9.06. The van der Waals surface area contributed by atoms with Crippen molar-refractivity contribution in [3.8, 4) is 11.3 Å². The van der Waals surface area contributed by atoms with Crippen LogP contribution >= 0.6 is 23.2 Å². The first-order valence-corrected chi connectivity index (χ1v) is 19.9. The Hall–Kier alpha value is -4.34. The third-order valence-electron chi connectivity index (χ3n) is 8.21. The number of hydrogen-bond acceptors (Lipinski definition) is 5. The predicted molar refractivity (Wildman–Crippen MR) is 238 cm³/mol. The highest BCUT2D eigenvalue weighted by Gasteiger charge is 2.23. The second-order valence-electron chi connectivity index (χ2n) is 12.6. The van der Waals surface area contributed by atoms with Crippen LogP contribution < -0.4 is 16.8 Å². The number of aliphatic imine (C=N–C) groups is 1. The van der Waals surface area contributed by atoms with Crippen molar-refractivity contribution in [2.45, 2.75) is 114 Å². The van der Waals surface area contributed by atoms with Crippen molar-refractivity contribution in [2.75, 3.05) is 18.8 Å². The van der Waals surface area contributed by atoms with E-state index >= 15 is 0 Å². The lowest BCUT2D eigenvalue weighted by atomic mass is 9.87. The van der Waals surface area contributed by atoms with Crippen LogP contribution in [0.15, 0.2) is 71.5 Å². The Kier molecular flexibility index (Phi) is 28.7. The smallest absolute Gasteiger partial charge is 0.207 e. The van der Waals surface area contributed by atoms with E-state index in [-0.39, 0.29) is 40.7 Å². The van der Waals surface area contributed by atoms with Gasteiger partial charge < -0.3 is 16.8 Å². The fourth-order valence-electron chi connectivity index (χ4n) is 5.27. The lowest BCUT2D eigenvalue weighted by molar-refractivity contribution is -0.109. The highest BCUT2D eigenvalue weighted by Crippen LogP contribution is 2.39. The largest absolute Gasteiger partial charge is 0.398 e. The van der Waals surface area contributed by atoms with Crippen LogP contribution in [-0.2, 0) is 9.59 Å². The van der Waals surface area contributed by atoms with Crippen molar-refractivity contribution in [2.24, 2.45) is 10.7 Å². The van der Waals surface area contributed by atoms with E-state index in [0.29, 0.717) is 34.9 Å². The van der Waals surface area contributed by atoms with Crippen molar-refractivity contribution < 1.29 is 18.4 Å². The zero-order valence-electron chi connectivity index (χ0n) is 35.5. The SMILES string of the molecule is C=C(/C=C\C=C(/C)F)C(CNC=O)c1cc(C(C)CC)c(C)c(-c2ccc(F)c(Cl)c2Cl)n1.CC.CC.CCCN=Cc1cc(C)cc(C(C)C)c1N.NC=O. The van der Waals surface area contributed by atoms with Gasteiger partial charge in [0.25, 0.3) is 0 Å². The molecule has 0 radical (unpaired) electrons. The average Bonchev–Trinajstić information content (AvgIpc) is 3.17. The number of halogens is 4. The maximum absolute atomic E-state index is 13.9. The lowest BCUT2D eigenvalue weighted by Crippen LogP contribution is -2.22. The van der Waals surface area contributed by atoms with E-state index in [1.807, 2.05) is 46.9 Å². The molecular weight excluding hydrogens is 751 g/mol. The maximum Gasteiger partial charge on any atom is 0.207 e. The highest BCUT2D eigenvalue weighted by atomic mass is 35.5. The number of nitrogens with zero attached hydrogens (tertiary/aromatic N) is 2. The molecule has 0 aliphatic heterocycles. The number of rotatable bonds is 14. The Morgan fingerprint density at radius 2 is 1.62 bits per heavy atom. The number of allylic oxidation sites excluding steroid dienone is 4. The molecule has 5 N–H and O–H groups in total. The van der Waals surface area contributed by atoms with Gasteiger partial charge in [-0.25, -0.2) is 8.78 Å². The van der Waals surface area contributed by atoms with Gasteiger partial charge in [0.1, 0.15) is 5.82 Å². The van der Waals surface area contributed by atoms with E-state index in [1.165, 1.54) is 30.2 Å². The van der Waals surface area contributed by atoms with Crippen LogP contribution in [-0.4, -0.2) is 37.1 Å². The molecule has 3 aromatic rings. The fourth-order valence-corrected chi connectivity index (χ4v) is 5.68. The topological polar surface area (TPSA) is 123 Å². The zero-order valence-corrected chi connectivity index (χ0v) is 37.0. The van der Waals surface area contributed by atoms with E-state index in [0.717, 1.165) is 41.8 Å². The number of aromatic nitrogens is 1. The summed E-state index contributed by atoms with van der Waals surface area (Å²) in [7, 11) is 0. The third kappa shape index (κ3) is 17.6. The van der Waals surface area contributed by atoms with Crippen LogP contribution in [0.1, 0.15) is 133 Å². The Bertz CT molecular complexity index is 1750. The van der Waals surface area contributed by atoms with Crippen LogP contribution in [0.2, 0.25) is 10.0 Å². The van der Waals surface area contributed by atoms with Gasteiger partial charge in [-0.2, -0.15) is 0 Å². The summed E-state index contributed by atoms with van der Waals surface area (Å²) in [5, 5.41) is 2.62. The van der Waals surface area contributed by atoms with Gasteiger partial charge in [-0.1, -0.05) is 116 Å². The molecule has 0 bridgehead atoms. The number of nitrogens with two attached hydrogens (primary N) is 2. The van der Waals surface area contributed by atoms with Gasteiger partial charge >= 0.3 is 0 Å². The number of amides is 2. The summed E-state index contributed by atoms with van der Waals surface area (Å²) in [4.78, 5) is 28.8. The lowest BCUT2D eigenvalue weighted by Gasteiger charge is -2.23. The molecule has 0 saturated heterocycles. The number of hydrogen-bond donors (Lipinski definition) is 3. The summed E-state index contributed by atoms with van der Waals surface area (Å²) < 4.78 is 27.0. The molecule has 310 valence electrons.